The molecule has 3 atom stereocenters. The summed E-state index contributed by atoms with van der Waals surface area (Å²) in [6, 6.07) is 0. The summed E-state index contributed by atoms with van der Waals surface area (Å²) in [7, 11) is -4.62. The molecule has 0 heterocycles. The van der Waals surface area contributed by atoms with Crippen LogP contribution in [0.2, 0.25) is 0 Å². The largest absolute Gasteiger partial charge is 0.472 e. The summed E-state index contributed by atoms with van der Waals surface area (Å²) in [6.45, 7) is 1.94. The van der Waals surface area contributed by atoms with Gasteiger partial charge in [-0.15, -0.1) is 0 Å². The minimum atomic E-state index is -4.62. The van der Waals surface area contributed by atoms with Gasteiger partial charge in [-0.25, -0.2) is 4.57 Å². The summed E-state index contributed by atoms with van der Waals surface area (Å²) in [4.78, 5) is 34.1. The van der Waals surface area contributed by atoms with Crippen molar-refractivity contribution in [2.24, 2.45) is 0 Å². The third-order valence-corrected chi connectivity index (χ3v) is 7.76. The number of phosphoric acid groups is 1. The van der Waals surface area contributed by atoms with Crippen LogP contribution >= 0.6 is 7.82 Å². The Kier molecular flexibility index (Phi) is 30.1. The van der Waals surface area contributed by atoms with Crippen molar-refractivity contribution in [2.45, 2.75) is 135 Å². The number of ether oxygens (including phenoxy) is 2. The zero-order valence-corrected chi connectivity index (χ0v) is 29.2. The molecule has 0 aliphatic rings. The number of esters is 2. The SMILES string of the molecule is CC/C=C\C/C=C\C/C=C\C/C=C\CCCCCCC(=O)OC(CO)COP(=O)(O)OCC(CO)OC(=O)CCCCCCCC. The summed E-state index contributed by atoms with van der Waals surface area (Å²) in [5.41, 5.74) is 0. The van der Waals surface area contributed by atoms with Crippen LogP contribution in [-0.2, 0) is 32.7 Å². The van der Waals surface area contributed by atoms with Gasteiger partial charge in [0.15, 0.2) is 0 Å². The maximum absolute atomic E-state index is 12.2. The minimum Gasteiger partial charge on any atom is -0.457 e. The van der Waals surface area contributed by atoms with Gasteiger partial charge < -0.3 is 24.6 Å². The fourth-order valence-electron chi connectivity index (χ4n) is 4.16. The van der Waals surface area contributed by atoms with Crippen molar-refractivity contribution < 1.29 is 47.8 Å². The lowest BCUT2D eigenvalue weighted by atomic mass is 10.1. The predicted octanol–water partition coefficient (Wildman–Crippen LogP) is 7.82. The van der Waals surface area contributed by atoms with Crippen LogP contribution in [0.3, 0.4) is 0 Å². The molecule has 46 heavy (non-hydrogen) atoms. The Bertz CT molecular complexity index is 915. The summed E-state index contributed by atoms with van der Waals surface area (Å²) >= 11 is 0. The Hall–Kier alpha value is -2.07. The molecule has 3 N–H and O–H groups in total. The topological polar surface area (TPSA) is 149 Å². The fourth-order valence-corrected chi connectivity index (χ4v) is 4.95. The zero-order valence-electron chi connectivity index (χ0n) is 28.3. The Balaban J connectivity index is 4.04. The normalized spacial score (nSPS) is 14.8. The van der Waals surface area contributed by atoms with Crippen LogP contribution in [0.15, 0.2) is 48.6 Å². The van der Waals surface area contributed by atoms with Gasteiger partial charge in [-0.3, -0.25) is 18.6 Å². The third kappa shape index (κ3) is 29.3. The van der Waals surface area contributed by atoms with Gasteiger partial charge in [-0.05, 0) is 51.4 Å². The van der Waals surface area contributed by atoms with Crippen LogP contribution in [0, 0.1) is 0 Å². The van der Waals surface area contributed by atoms with E-state index < -0.39 is 58.4 Å². The highest BCUT2D eigenvalue weighted by Crippen LogP contribution is 2.43. The molecule has 10 nitrogen and oxygen atoms in total. The van der Waals surface area contributed by atoms with Gasteiger partial charge in [-0.2, -0.15) is 0 Å². The smallest absolute Gasteiger partial charge is 0.457 e. The Labute approximate surface area is 277 Å². The van der Waals surface area contributed by atoms with E-state index in [1.165, 1.54) is 0 Å². The zero-order chi connectivity index (χ0) is 34.1. The molecule has 0 radical (unpaired) electrons. The first kappa shape index (κ1) is 43.9. The fraction of sp³-hybridized carbons (Fsp3) is 0.714. The molecule has 0 aliphatic carbocycles. The molecule has 11 heteroatoms. The second kappa shape index (κ2) is 31.5. The first-order valence-corrected chi connectivity index (χ1v) is 18.6. The van der Waals surface area contributed by atoms with Crippen molar-refractivity contribution in [1.29, 1.82) is 0 Å². The number of unbranched alkanes of at least 4 members (excludes halogenated alkanes) is 9. The quantitative estimate of drug-likeness (QED) is 0.0288. The number of rotatable bonds is 31. The molecule has 0 saturated heterocycles. The highest BCUT2D eigenvalue weighted by Gasteiger charge is 2.27. The summed E-state index contributed by atoms with van der Waals surface area (Å²) in [5.74, 6) is -1.06. The van der Waals surface area contributed by atoms with Gasteiger partial charge in [-0.1, -0.05) is 107 Å². The van der Waals surface area contributed by atoms with E-state index in [0.29, 0.717) is 12.8 Å². The molecule has 266 valence electrons. The Morgan fingerprint density at radius 2 is 1.02 bits per heavy atom. The average Bonchev–Trinajstić information content (AvgIpc) is 3.04. The van der Waals surface area contributed by atoms with E-state index in [4.69, 9.17) is 18.5 Å². The van der Waals surface area contributed by atoms with Gasteiger partial charge in [0.1, 0.15) is 12.2 Å². The van der Waals surface area contributed by atoms with Crippen LogP contribution in [0.25, 0.3) is 0 Å². The molecular weight excluding hydrogens is 611 g/mol. The Morgan fingerprint density at radius 3 is 1.48 bits per heavy atom. The molecule has 0 saturated carbocycles. The molecular formula is C35H61O10P. The van der Waals surface area contributed by atoms with E-state index in [1.54, 1.807) is 0 Å². The lowest BCUT2D eigenvalue weighted by Gasteiger charge is -2.20. The molecule has 0 rings (SSSR count). The minimum absolute atomic E-state index is 0.163. The lowest BCUT2D eigenvalue weighted by molar-refractivity contribution is -0.153. The van der Waals surface area contributed by atoms with Gasteiger partial charge in [0, 0.05) is 12.8 Å². The van der Waals surface area contributed by atoms with E-state index in [9.17, 15) is 29.3 Å². The molecule has 0 amide bonds. The number of hydrogen-bond donors (Lipinski definition) is 3. The van der Waals surface area contributed by atoms with E-state index in [0.717, 1.165) is 83.5 Å². The highest BCUT2D eigenvalue weighted by atomic mass is 31.2. The lowest BCUT2D eigenvalue weighted by Crippen LogP contribution is -2.28. The van der Waals surface area contributed by atoms with Crippen molar-refractivity contribution in [2.75, 3.05) is 26.4 Å². The Morgan fingerprint density at radius 1 is 0.609 bits per heavy atom. The van der Waals surface area contributed by atoms with Crippen LogP contribution in [0.4, 0.5) is 0 Å². The van der Waals surface area contributed by atoms with Gasteiger partial charge in [0.25, 0.3) is 0 Å². The van der Waals surface area contributed by atoms with Crippen LogP contribution in [0.1, 0.15) is 123 Å². The van der Waals surface area contributed by atoms with Crippen molar-refractivity contribution >= 4 is 19.8 Å². The standard InChI is InChI=1S/C35H61O10P/c1-3-5-7-9-11-12-13-14-15-16-17-18-19-20-21-23-25-27-35(39)45-33(29-37)31-43-46(40,41)42-30-32(28-36)44-34(38)26-24-22-10-8-6-4-2/h5,7,11-12,14-15,17-18,32-33,36-37H,3-4,6,8-10,13,16,19-31H2,1-2H3,(H,40,41)/b7-5-,12-11-,15-14-,18-17-. The second-order valence-electron chi connectivity index (χ2n) is 11.1. The van der Waals surface area contributed by atoms with Crippen LogP contribution < -0.4 is 0 Å². The second-order valence-corrected chi connectivity index (χ2v) is 12.6. The number of phosphoric ester groups is 1. The maximum Gasteiger partial charge on any atom is 0.472 e. The maximum atomic E-state index is 12.2. The molecule has 0 aromatic rings. The summed E-state index contributed by atoms with van der Waals surface area (Å²) < 4.78 is 32.2. The van der Waals surface area contributed by atoms with Crippen LogP contribution in [0.5, 0.6) is 0 Å². The number of carbonyl (C=O) groups is 2. The molecule has 0 bridgehead atoms. The number of aliphatic hydroxyl groups is 2. The number of hydrogen-bond acceptors (Lipinski definition) is 9. The molecule has 0 fully saturated rings. The number of allylic oxidation sites excluding steroid dienone is 8. The van der Waals surface area contributed by atoms with Crippen LogP contribution in [-0.4, -0.2) is 65.7 Å². The molecule has 0 aromatic heterocycles. The molecule has 0 aromatic carbocycles. The molecule has 3 unspecified atom stereocenters. The first-order chi connectivity index (χ1) is 22.3. The van der Waals surface area contributed by atoms with Crippen molar-refractivity contribution in [3.8, 4) is 0 Å². The van der Waals surface area contributed by atoms with E-state index >= 15 is 0 Å². The van der Waals surface area contributed by atoms with Crippen molar-refractivity contribution in [3.05, 3.63) is 48.6 Å². The number of aliphatic hydroxyl groups excluding tert-OH is 2. The summed E-state index contributed by atoms with van der Waals surface area (Å²) in [5, 5.41) is 18.9. The predicted molar refractivity (Wildman–Crippen MR) is 182 cm³/mol. The monoisotopic (exact) mass is 672 g/mol. The number of carbonyl (C=O) groups excluding carboxylic acids is 2. The first-order valence-electron chi connectivity index (χ1n) is 17.1. The highest BCUT2D eigenvalue weighted by molar-refractivity contribution is 7.47. The van der Waals surface area contributed by atoms with E-state index in [1.807, 2.05) is 0 Å². The van der Waals surface area contributed by atoms with Gasteiger partial charge in [0.05, 0.1) is 26.4 Å². The molecule has 0 spiro atoms. The average molecular weight is 673 g/mol. The van der Waals surface area contributed by atoms with E-state index in [-0.39, 0.29) is 12.8 Å². The third-order valence-electron chi connectivity index (χ3n) is 6.81. The van der Waals surface area contributed by atoms with Crippen molar-refractivity contribution in [3.63, 3.8) is 0 Å². The van der Waals surface area contributed by atoms with Gasteiger partial charge in [0.2, 0.25) is 0 Å². The van der Waals surface area contributed by atoms with Crippen molar-refractivity contribution in [1.82, 2.24) is 0 Å². The summed E-state index contributed by atoms with van der Waals surface area (Å²) in [6.07, 6.45) is 29.9. The van der Waals surface area contributed by atoms with E-state index in [2.05, 4.69) is 62.5 Å². The van der Waals surface area contributed by atoms with Gasteiger partial charge >= 0.3 is 19.8 Å². The molecule has 0 aliphatic heterocycles.